The number of pyridine rings is 1. The minimum atomic E-state index is -2.76. The van der Waals surface area contributed by atoms with E-state index in [1.165, 1.54) is 56.5 Å². The van der Waals surface area contributed by atoms with E-state index in [-0.39, 0.29) is 38.4 Å². The fourth-order valence-corrected chi connectivity index (χ4v) is 5.07. The molecular weight excluding hydrogens is 591 g/mol. The van der Waals surface area contributed by atoms with Crippen molar-refractivity contribution in [3.8, 4) is 28.3 Å². The maximum absolute atomic E-state index is 15.4. The van der Waals surface area contributed by atoms with E-state index in [9.17, 15) is 35.3 Å². The fraction of sp³-hybridized carbons (Fsp3) is 0.0690. The Morgan fingerprint density at radius 3 is 2.05 bits per heavy atom. The summed E-state index contributed by atoms with van der Waals surface area (Å²) in [5.41, 5.74) is 0.259. The number of halogens is 7. The van der Waals surface area contributed by atoms with Crippen LogP contribution in [-0.4, -0.2) is 15.9 Å². The van der Waals surface area contributed by atoms with Crippen LogP contribution in [0.5, 0.6) is 11.5 Å². The number of methoxy groups -OCH3 is 1. The highest BCUT2D eigenvalue weighted by atomic mass is 32.2. The lowest BCUT2D eigenvalue weighted by molar-refractivity contribution is 0.352. The van der Waals surface area contributed by atoms with Crippen molar-refractivity contribution in [2.24, 2.45) is 0 Å². The van der Waals surface area contributed by atoms with Gasteiger partial charge < -0.3 is 8.92 Å². The van der Waals surface area contributed by atoms with Gasteiger partial charge in [0.1, 0.15) is 17.4 Å². The van der Waals surface area contributed by atoms with Gasteiger partial charge in [0.15, 0.2) is 0 Å². The van der Waals surface area contributed by atoms with Crippen molar-refractivity contribution < 1.29 is 43.9 Å². The molecule has 216 valence electrons. The van der Waals surface area contributed by atoms with Gasteiger partial charge in [-0.25, -0.2) is 26.2 Å². The molecule has 0 aliphatic rings. The summed E-state index contributed by atoms with van der Waals surface area (Å²) < 4.78 is 121. The molecule has 5 aromatic rings. The normalized spacial score (nSPS) is 12.0. The molecule has 0 radical (unpaired) electrons. The molecule has 1 atom stereocenters. The molecule has 0 amide bonds. The smallest absolute Gasteiger partial charge is 0.255 e. The molecule has 0 fully saturated rings. The Balaban J connectivity index is 1.58. The summed E-state index contributed by atoms with van der Waals surface area (Å²) in [5.74, 6) is -14.4. The van der Waals surface area contributed by atoms with Gasteiger partial charge in [-0.05, 0) is 60.5 Å². The second-order valence-electron chi connectivity index (χ2n) is 8.91. The van der Waals surface area contributed by atoms with E-state index in [2.05, 4.69) is 4.18 Å². The number of aromatic nitrogens is 1. The molecule has 0 bridgehead atoms. The summed E-state index contributed by atoms with van der Waals surface area (Å²) in [4.78, 5) is 12.7. The van der Waals surface area contributed by atoms with Gasteiger partial charge in [-0.2, -0.15) is 8.78 Å². The Hall–Kier alpha value is -4.65. The van der Waals surface area contributed by atoms with Gasteiger partial charge >= 0.3 is 0 Å². The monoisotopic (exact) mass is 607 g/mol. The molecule has 5 nitrogen and oxygen atoms in total. The van der Waals surface area contributed by atoms with Crippen LogP contribution in [0.25, 0.3) is 27.7 Å². The number of benzene rings is 4. The molecule has 5 rings (SSSR count). The highest BCUT2D eigenvalue weighted by molar-refractivity contribution is 7.80. The van der Waals surface area contributed by atoms with Gasteiger partial charge in [0.2, 0.25) is 45.9 Å². The summed E-state index contributed by atoms with van der Waals surface area (Å²) in [6.45, 7) is 1.52. The Bertz CT molecular complexity index is 1970. The lowest BCUT2D eigenvalue weighted by Gasteiger charge is -2.17. The van der Waals surface area contributed by atoms with Gasteiger partial charge in [-0.3, -0.25) is 9.36 Å². The number of hydrogen-bond donors (Lipinski definition) is 0. The molecule has 13 heteroatoms. The lowest BCUT2D eigenvalue weighted by Crippen LogP contribution is -2.18. The molecule has 0 spiro atoms. The highest BCUT2D eigenvalue weighted by Gasteiger charge is 2.29. The standard InChI is InChI=1S/C29H16F7NO4S/c1-13-9-14(3-6-18(13)30)17-11-22(40-2)21(12-19(17)31)37-20-7-5-16(10-15(20)4-8-23(37)38)42(39)41-29-27(35)25(33)24(32)26(34)28(29)36/h3-12H,1-2H3. The van der Waals surface area contributed by atoms with Gasteiger partial charge in [-0.1, -0.05) is 6.07 Å². The van der Waals surface area contributed by atoms with Gasteiger partial charge in [0.25, 0.3) is 5.56 Å². The first-order valence-electron chi connectivity index (χ1n) is 11.8. The zero-order valence-corrected chi connectivity index (χ0v) is 22.2. The molecule has 4 aromatic carbocycles. The Morgan fingerprint density at radius 1 is 0.738 bits per heavy atom. The maximum Gasteiger partial charge on any atom is 0.255 e. The Morgan fingerprint density at radius 2 is 1.40 bits per heavy atom. The summed E-state index contributed by atoms with van der Waals surface area (Å²) in [6.07, 6.45) is 0. The van der Waals surface area contributed by atoms with Crippen molar-refractivity contribution >= 4 is 22.0 Å². The van der Waals surface area contributed by atoms with E-state index in [0.717, 1.165) is 22.8 Å². The van der Waals surface area contributed by atoms with E-state index < -0.39 is 63.1 Å². The predicted octanol–water partition coefficient (Wildman–Crippen LogP) is 7.05. The van der Waals surface area contributed by atoms with Crippen molar-refractivity contribution in [2.45, 2.75) is 11.8 Å². The van der Waals surface area contributed by atoms with Crippen LogP contribution < -0.4 is 14.5 Å². The molecule has 0 saturated carbocycles. The summed E-state index contributed by atoms with van der Waals surface area (Å²) in [7, 11) is 1.30. The number of fused-ring (bicyclic) bond motifs is 1. The minimum Gasteiger partial charge on any atom is -0.495 e. The first kappa shape index (κ1) is 28.9. The summed E-state index contributed by atoms with van der Waals surface area (Å²) >= 11 is -2.76. The number of ether oxygens (including phenoxy) is 1. The van der Waals surface area contributed by atoms with E-state index in [4.69, 9.17) is 4.74 Å². The number of aryl methyl sites for hydroxylation is 1. The van der Waals surface area contributed by atoms with E-state index in [1.54, 1.807) is 0 Å². The number of rotatable bonds is 6. The Kier molecular flexibility index (Phi) is 7.54. The zero-order valence-electron chi connectivity index (χ0n) is 21.4. The molecule has 0 N–H and O–H groups in total. The van der Waals surface area contributed by atoms with Crippen molar-refractivity contribution in [3.63, 3.8) is 0 Å². The van der Waals surface area contributed by atoms with Crippen molar-refractivity contribution in [1.29, 1.82) is 0 Å². The first-order chi connectivity index (χ1) is 19.9. The summed E-state index contributed by atoms with van der Waals surface area (Å²) in [5, 5.41) is 0.210. The second kappa shape index (κ2) is 11.0. The molecule has 42 heavy (non-hydrogen) atoms. The third-order valence-corrected chi connectivity index (χ3v) is 7.32. The van der Waals surface area contributed by atoms with Crippen LogP contribution in [0.15, 0.2) is 70.4 Å². The highest BCUT2D eigenvalue weighted by Crippen LogP contribution is 2.35. The largest absolute Gasteiger partial charge is 0.495 e. The molecule has 0 aliphatic heterocycles. The number of nitrogens with zero attached hydrogens (tertiary/aromatic N) is 1. The molecule has 1 unspecified atom stereocenters. The van der Waals surface area contributed by atoms with E-state index in [1.807, 2.05) is 0 Å². The average molecular weight is 608 g/mol. The van der Waals surface area contributed by atoms with Crippen LogP contribution in [-0.2, 0) is 11.1 Å². The SMILES string of the molecule is COc1cc(-c2ccc(F)c(C)c2)c(F)cc1-n1c(=O)ccc2cc(S(=O)Oc3c(F)c(F)c(F)c(F)c3F)ccc21. The third-order valence-electron chi connectivity index (χ3n) is 6.37. The molecule has 1 aromatic heterocycles. The van der Waals surface area contributed by atoms with Gasteiger partial charge in [0.05, 0.1) is 23.2 Å². The Labute approximate surface area is 235 Å². The number of hydrogen-bond acceptors (Lipinski definition) is 4. The van der Waals surface area contributed by atoms with Crippen LogP contribution in [0, 0.1) is 47.6 Å². The quantitative estimate of drug-likeness (QED) is 0.118. The van der Waals surface area contributed by atoms with Crippen molar-refractivity contribution in [1.82, 2.24) is 4.57 Å². The van der Waals surface area contributed by atoms with Crippen molar-refractivity contribution in [2.75, 3.05) is 7.11 Å². The molecule has 1 heterocycles. The van der Waals surface area contributed by atoms with Crippen LogP contribution >= 0.6 is 0 Å². The van der Waals surface area contributed by atoms with Crippen LogP contribution in [0.2, 0.25) is 0 Å². The zero-order chi connectivity index (χ0) is 30.5. The first-order valence-corrected chi connectivity index (χ1v) is 12.9. The van der Waals surface area contributed by atoms with Gasteiger partial charge in [0, 0.05) is 23.1 Å². The topological polar surface area (TPSA) is 57.5 Å². The average Bonchev–Trinajstić information content (AvgIpc) is 2.98. The molecule has 0 aliphatic carbocycles. The third kappa shape index (κ3) is 4.89. The van der Waals surface area contributed by atoms with Crippen molar-refractivity contribution in [3.05, 3.63) is 117 Å². The van der Waals surface area contributed by atoms with Gasteiger partial charge in [-0.15, -0.1) is 0 Å². The maximum atomic E-state index is 15.4. The van der Waals surface area contributed by atoms with E-state index in [0.29, 0.717) is 5.56 Å². The van der Waals surface area contributed by atoms with E-state index >= 15 is 4.39 Å². The second-order valence-corrected chi connectivity index (χ2v) is 10.0. The minimum absolute atomic E-state index is 0.0142. The predicted molar refractivity (Wildman–Crippen MR) is 139 cm³/mol. The fourth-order valence-electron chi connectivity index (χ4n) is 4.27. The van der Waals surface area contributed by atoms with Crippen LogP contribution in [0.1, 0.15) is 5.56 Å². The summed E-state index contributed by atoms with van der Waals surface area (Å²) in [6, 6.07) is 12.4. The molecule has 0 saturated heterocycles. The lowest BCUT2D eigenvalue weighted by atomic mass is 10.0. The van der Waals surface area contributed by atoms with Crippen LogP contribution in [0.4, 0.5) is 30.7 Å². The van der Waals surface area contributed by atoms with Crippen LogP contribution in [0.3, 0.4) is 0 Å². The molecular formula is C29H16F7NO4S.